The van der Waals surface area contributed by atoms with E-state index in [-0.39, 0.29) is 0 Å². The third-order valence-corrected chi connectivity index (χ3v) is 4.66. The molecule has 0 spiro atoms. The highest BCUT2D eigenvalue weighted by Crippen LogP contribution is 2.20. The first-order valence-corrected chi connectivity index (χ1v) is 8.08. The molecule has 0 aromatic heterocycles. The number of likely N-dealkylation sites (N-methyl/N-ethyl adjacent to an activating group) is 1. The molecule has 1 atom stereocenters. The van der Waals surface area contributed by atoms with E-state index in [1.807, 2.05) is 11.8 Å². The standard InChI is InChI=1S/C18H23NS/c1-14-4-8-16(9-5-14)12-17(19-3)13-20-18-10-6-15(2)7-11-18/h4-11,17,19H,12-13H2,1-3H3. The molecule has 2 heteroatoms. The Hall–Kier alpha value is -1.25. The lowest BCUT2D eigenvalue weighted by atomic mass is 10.1. The van der Waals surface area contributed by atoms with E-state index in [9.17, 15) is 0 Å². The SMILES string of the molecule is CNC(CSc1ccc(C)cc1)Cc1ccc(C)cc1. The summed E-state index contributed by atoms with van der Waals surface area (Å²) < 4.78 is 0. The van der Waals surface area contributed by atoms with Crippen molar-refractivity contribution in [3.05, 3.63) is 65.2 Å². The van der Waals surface area contributed by atoms with Gasteiger partial charge in [0.15, 0.2) is 0 Å². The van der Waals surface area contributed by atoms with Crippen molar-refractivity contribution < 1.29 is 0 Å². The summed E-state index contributed by atoms with van der Waals surface area (Å²) in [5, 5.41) is 3.43. The van der Waals surface area contributed by atoms with Crippen molar-refractivity contribution in [3.8, 4) is 0 Å². The minimum absolute atomic E-state index is 0.504. The van der Waals surface area contributed by atoms with Gasteiger partial charge in [-0.3, -0.25) is 0 Å². The van der Waals surface area contributed by atoms with E-state index < -0.39 is 0 Å². The Bertz CT molecular complexity index is 516. The lowest BCUT2D eigenvalue weighted by molar-refractivity contribution is 0.617. The van der Waals surface area contributed by atoms with Crippen molar-refractivity contribution in [2.75, 3.05) is 12.8 Å². The Morgan fingerprint density at radius 1 is 0.900 bits per heavy atom. The van der Waals surface area contributed by atoms with E-state index in [1.54, 1.807) is 0 Å². The molecule has 0 aliphatic carbocycles. The third kappa shape index (κ3) is 4.69. The number of nitrogens with one attached hydrogen (secondary N) is 1. The summed E-state index contributed by atoms with van der Waals surface area (Å²) in [4.78, 5) is 1.35. The lowest BCUT2D eigenvalue weighted by Crippen LogP contribution is -2.30. The summed E-state index contributed by atoms with van der Waals surface area (Å²) in [5.41, 5.74) is 4.04. The van der Waals surface area contributed by atoms with Crippen molar-refractivity contribution >= 4 is 11.8 Å². The summed E-state index contributed by atoms with van der Waals surface area (Å²) in [7, 11) is 2.05. The Morgan fingerprint density at radius 2 is 1.45 bits per heavy atom. The molecule has 1 N–H and O–H groups in total. The molecule has 0 bridgehead atoms. The molecular weight excluding hydrogens is 262 g/mol. The van der Waals surface area contributed by atoms with Gasteiger partial charge >= 0.3 is 0 Å². The van der Waals surface area contributed by atoms with Crippen molar-refractivity contribution in [3.63, 3.8) is 0 Å². The molecule has 106 valence electrons. The zero-order chi connectivity index (χ0) is 14.4. The van der Waals surface area contributed by atoms with E-state index in [0.29, 0.717) is 6.04 Å². The Labute approximate surface area is 126 Å². The van der Waals surface area contributed by atoms with E-state index in [1.165, 1.54) is 21.6 Å². The van der Waals surface area contributed by atoms with Crippen molar-refractivity contribution in [1.29, 1.82) is 0 Å². The molecule has 0 aliphatic heterocycles. The van der Waals surface area contributed by atoms with E-state index in [2.05, 4.69) is 74.7 Å². The maximum absolute atomic E-state index is 3.43. The molecule has 0 amide bonds. The van der Waals surface area contributed by atoms with Crippen LogP contribution in [0.3, 0.4) is 0 Å². The van der Waals surface area contributed by atoms with Crippen LogP contribution in [-0.2, 0) is 6.42 Å². The summed E-state index contributed by atoms with van der Waals surface area (Å²) in [6.07, 6.45) is 1.08. The van der Waals surface area contributed by atoms with Gasteiger partial charge in [0.2, 0.25) is 0 Å². The molecule has 0 fully saturated rings. The zero-order valence-electron chi connectivity index (χ0n) is 12.5. The molecule has 0 radical (unpaired) electrons. The van der Waals surface area contributed by atoms with Crippen LogP contribution in [0.2, 0.25) is 0 Å². The quantitative estimate of drug-likeness (QED) is 0.797. The summed E-state index contributed by atoms with van der Waals surface area (Å²) >= 11 is 1.92. The predicted octanol–water partition coefficient (Wildman–Crippen LogP) is 4.23. The molecule has 1 unspecified atom stereocenters. The lowest BCUT2D eigenvalue weighted by Gasteiger charge is -2.16. The van der Waals surface area contributed by atoms with Crippen LogP contribution in [0.25, 0.3) is 0 Å². The van der Waals surface area contributed by atoms with Gasteiger partial charge in [-0.25, -0.2) is 0 Å². The van der Waals surface area contributed by atoms with Crippen LogP contribution in [0.5, 0.6) is 0 Å². The molecule has 2 aromatic rings. The Morgan fingerprint density at radius 3 is 2.00 bits per heavy atom. The van der Waals surface area contributed by atoms with Gasteiger partial charge in [-0.1, -0.05) is 47.5 Å². The Kier molecular flexibility index (Phi) is 5.69. The fraction of sp³-hybridized carbons (Fsp3) is 0.333. The highest BCUT2D eigenvalue weighted by Gasteiger charge is 2.08. The summed E-state index contributed by atoms with van der Waals surface area (Å²) in [6, 6.07) is 18.1. The van der Waals surface area contributed by atoms with Gasteiger partial charge < -0.3 is 5.32 Å². The molecule has 0 heterocycles. The predicted molar refractivity (Wildman–Crippen MR) is 89.6 cm³/mol. The first-order chi connectivity index (χ1) is 9.67. The van der Waals surface area contributed by atoms with Gasteiger partial charge in [-0.2, -0.15) is 0 Å². The normalized spacial score (nSPS) is 12.3. The van der Waals surface area contributed by atoms with E-state index >= 15 is 0 Å². The van der Waals surface area contributed by atoms with Crippen molar-refractivity contribution in [2.45, 2.75) is 31.2 Å². The Balaban J connectivity index is 1.88. The van der Waals surface area contributed by atoms with E-state index in [4.69, 9.17) is 0 Å². The highest BCUT2D eigenvalue weighted by molar-refractivity contribution is 7.99. The van der Waals surface area contributed by atoms with Gasteiger partial charge in [0, 0.05) is 16.7 Å². The highest BCUT2D eigenvalue weighted by atomic mass is 32.2. The molecule has 20 heavy (non-hydrogen) atoms. The van der Waals surface area contributed by atoms with Gasteiger partial charge in [-0.15, -0.1) is 11.8 Å². The smallest absolute Gasteiger partial charge is 0.0199 e. The average Bonchev–Trinajstić information content (AvgIpc) is 2.47. The second-order valence-corrected chi connectivity index (χ2v) is 6.39. The fourth-order valence-corrected chi connectivity index (χ4v) is 3.09. The number of thioether (sulfide) groups is 1. The van der Waals surface area contributed by atoms with Crippen molar-refractivity contribution in [2.24, 2.45) is 0 Å². The van der Waals surface area contributed by atoms with Gasteiger partial charge in [-0.05, 0) is 45.0 Å². The zero-order valence-corrected chi connectivity index (χ0v) is 13.3. The van der Waals surface area contributed by atoms with Crippen LogP contribution < -0.4 is 5.32 Å². The van der Waals surface area contributed by atoms with Gasteiger partial charge in [0.1, 0.15) is 0 Å². The van der Waals surface area contributed by atoms with Gasteiger partial charge in [0.05, 0.1) is 0 Å². The van der Waals surface area contributed by atoms with Crippen LogP contribution in [0, 0.1) is 13.8 Å². The second-order valence-electron chi connectivity index (χ2n) is 5.30. The molecule has 0 aliphatic rings. The molecular formula is C18H23NS. The molecule has 2 rings (SSSR count). The first-order valence-electron chi connectivity index (χ1n) is 7.09. The van der Waals surface area contributed by atoms with Crippen LogP contribution in [0.1, 0.15) is 16.7 Å². The number of hydrogen-bond donors (Lipinski definition) is 1. The third-order valence-electron chi connectivity index (χ3n) is 3.48. The largest absolute Gasteiger partial charge is 0.316 e. The fourth-order valence-electron chi connectivity index (χ4n) is 2.08. The first kappa shape index (κ1) is 15.1. The van der Waals surface area contributed by atoms with Crippen molar-refractivity contribution in [1.82, 2.24) is 5.32 Å². The molecule has 2 aromatic carbocycles. The molecule has 0 saturated heterocycles. The topological polar surface area (TPSA) is 12.0 Å². The van der Waals surface area contributed by atoms with E-state index in [0.717, 1.165) is 12.2 Å². The van der Waals surface area contributed by atoms with Crippen LogP contribution in [0.4, 0.5) is 0 Å². The minimum Gasteiger partial charge on any atom is -0.316 e. The number of rotatable bonds is 6. The van der Waals surface area contributed by atoms with Crippen LogP contribution in [0.15, 0.2) is 53.4 Å². The average molecular weight is 285 g/mol. The maximum Gasteiger partial charge on any atom is 0.0199 e. The van der Waals surface area contributed by atoms with Crippen LogP contribution in [-0.4, -0.2) is 18.8 Å². The number of hydrogen-bond acceptors (Lipinski definition) is 2. The minimum atomic E-state index is 0.504. The number of benzene rings is 2. The molecule has 0 saturated carbocycles. The summed E-state index contributed by atoms with van der Waals surface area (Å²) in [6.45, 7) is 4.26. The van der Waals surface area contributed by atoms with Crippen LogP contribution >= 0.6 is 11.8 Å². The summed E-state index contributed by atoms with van der Waals surface area (Å²) in [5.74, 6) is 1.09. The molecule has 1 nitrogen and oxygen atoms in total. The maximum atomic E-state index is 3.43. The number of aryl methyl sites for hydroxylation is 2. The van der Waals surface area contributed by atoms with Gasteiger partial charge in [0.25, 0.3) is 0 Å². The second kappa shape index (κ2) is 7.51. The monoisotopic (exact) mass is 285 g/mol.